The average Bonchev–Trinajstić information content (AvgIpc) is 3.40. The monoisotopic (exact) mass is 756 g/mol. The maximum Gasteiger partial charge on any atom is 2.00 e. The number of pyridine rings is 2. The van der Waals surface area contributed by atoms with Gasteiger partial charge in [-0.3, -0.25) is 0 Å². The number of aromatic nitrogens is 3. The van der Waals surface area contributed by atoms with E-state index in [1.807, 2.05) is 67.0 Å². The molecule has 0 saturated heterocycles. The maximum atomic E-state index is 6.61. The molecule has 0 radical (unpaired) electrons. The van der Waals surface area contributed by atoms with Gasteiger partial charge in [-0.1, -0.05) is 71.6 Å². The second kappa shape index (κ2) is 9.92. The maximum absolute atomic E-state index is 6.61. The van der Waals surface area contributed by atoms with Crippen molar-refractivity contribution in [1.29, 1.82) is 0 Å². The van der Waals surface area contributed by atoms with E-state index in [-0.39, 0.29) is 27.8 Å². The molecule has 8 aromatic rings. The van der Waals surface area contributed by atoms with Gasteiger partial charge in [-0.25, -0.2) is 4.98 Å². The summed E-state index contributed by atoms with van der Waals surface area (Å²) in [6, 6.07) is 44.6. The van der Waals surface area contributed by atoms with E-state index in [0.717, 1.165) is 89.0 Å². The molecule has 3 aromatic heterocycles. The van der Waals surface area contributed by atoms with E-state index in [4.69, 9.17) is 19.4 Å². The first-order valence-electron chi connectivity index (χ1n) is 14.6. The van der Waals surface area contributed by atoms with Crippen molar-refractivity contribution in [3.8, 4) is 40.1 Å². The summed E-state index contributed by atoms with van der Waals surface area (Å²) < 4.78 is 15.3. The number of benzene rings is 5. The summed E-state index contributed by atoms with van der Waals surface area (Å²) >= 11 is 0. The first-order valence-corrected chi connectivity index (χ1v) is 14.6. The second-order valence-electron chi connectivity index (χ2n) is 11.2. The minimum Gasteiger partial charge on any atom is -0.518 e. The molecule has 0 N–H and O–H groups in total. The molecule has 2 aliphatic rings. The fourth-order valence-electron chi connectivity index (χ4n) is 6.79. The zero-order chi connectivity index (χ0) is 28.8. The van der Waals surface area contributed by atoms with Gasteiger partial charge in [0.1, 0.15) is 17.3 Å². The van der Waals surface area contributed by atoms with Crippen LogP contribution in [0.2, 0.25) is 0 Å². The van der Waals surface area contributed by atoms with Crippen molar-refractivity contribution in [2.75, 3.05) is 0 Å². The SMILES string of the molecule is [Pt+2].[c-]1c(-c2cc3ccccc3cn2)ccc2c1B1c3[c-]c4c(cc3Oc3cccc(c31)O2)c1ccccc1n4-c1ccccn1. The van der Waals surface area contributed by atoms with Crippen LogP contribution in [0.5, 0.6) is 23.0 Å². The Balaban J connectivity index is 0.00000281. The third-order valence-corrected chi connectivity index (χ3v) is 8.76. The fourth-order valence-corrected chi connectivity index (χ4v) is 6.79. The van der Waals surface area contributed by atoms with Crippen molar-refractivity contribution < 1.29 is 30.5 Å². The quantitative estimate of drug-likeness (QED) is 0.145. The first-order chi connectivity index (χ1) is 21.8. The topological polar surface area (TPSA) is 49.2 Å². The van der Waals surface area contributed by atoms with Gasteiger partial charge < -0.3 is 19.0 Å². The molecule has 0 unspecified atom stereocenters. The summed E-state index contributed by atoms with van der Waals surface area (Å²) in [4.78, 5) is 9.51. The Hall–Kier alpha value is -5.19. The zero-order valence-corrected chi connectivity index (χ0v) is 25.9. The molecule has 212 valence electrons. The normalized spacial score (nSPS) is 12.6. The van der Waals surface area contributed by atoms with Gasteiger partial charge in [-0.2, -0.15) is 6.07 Å². The average molecular weight is 756 g/mol. The first kappa shape index (κ1) is 26.2. The predicted octanol–water partition coefficient (Wildman–Crippen LogP) is 6.72. The van der Waals surface area contributed by atoms with E-state index in [2.05, 4.69) is 71.3 Å². The van der Waals surface area contributed by atoms with Crippen LogP contribution >= 0.6 is 0 Å². The third kappa shape index (κ3) is 3.85. The second-order valence-corrected chi connectivity index (χ2v) is 11.2. The standard InChI is InChI=1S/C38H20BN3O2.Pt/c1-2-9-25-22-41-30(19-23(25)8-1)24-15-16-33-28(18-24)39-29-21-32-27(20-36(29)44-35-13-7-12-34(43-33)38(35)39)26-10-3-4-11-31(26)42(32)37-14-5-6-17-40-37;/h1-17,19-20,22H;/q-2;+2. The molecule has 45 heavy (non-hydrogen) atoms. The van der Waals surface area contributed by atoms with Crippen LogP contribution in [0.1, 0.15) is 0 Å². The van der Waals surface area contributed by atoms with Gasteiger partial charge >= 0.3 is 21.1 Å². The minimum absolute atomic E-state index is 0. The molecule has 5 heterocycles. The van der Waals surface area contributed by atoms with E-state index in [0.29, 0.717) is 0 Å². The molecule has 2 aliphatic heterocycles. The van der Waals surface area contributed by atoms with Crippen LogP contribution in [-0.2, 0) is 21.1 Å². The summed E-state index contributed by atoms with van der Waals surface area (Å²) in [5, 5.41) is 4.44. The van der Waals surface area contributed by atoms with Crippen LogP contribution in [0.4, 0.5) is 0 Å². The van der Waals surface area contributed by atoms with Crippen LogP contribution in [-0.4, -0.2) is 21.2 Å². The van der Waals surface area contributed by atoms with Crippen LogP contribution < -0.4 is 25.9 Å². The van der Waals surface area contributed by atoms with Crippen molar-refractivity contribution in [1.82, 2.24) is 14.5 Å². The molecule has 0 fully saturated rings. The van der Waals surface area contributed by atoms with Gasteiger partial charge in [0.2, 0.25) is 6.71 Å². The molecule has 10 rings (SSSR count). The number of rotatable bonds is 2. The Labute approximate surface area is 273 Å². The van der Waals surface area contributed by atoms with E-state index < -0.39 is 0 Å². The summed E-state index contributed by atoms with van der Waals surface area (Å²) in [5.41, 5.74) is 6.68. The number of ether oxygens (including phenoxy) is 2. The van der Waals surface area contributed by atoms with Gasteiger partial charge in [0, 0.05) is 34.9 Å². The van der Waals surface area contributed by atoms with E-state index >= 15 is 0 Å². The van der Waals surface area contributed by atoms with Crippen molar-refractivity contribution >= 4 is 55.7 Å². The number of para-hydroxylation sites is 1. The number of hydrogen-bond donors (Lipinski definition) is 0. The Morgan fingerprint density at radius 1 is 0.622 bits per heavy atom. The zero-order valence-electron chi connectivity index (χ0n) is 23.6. The van der Waals surface area contributed by atoms with Gasteiger partial charge in [0.05, 0.1) is 0 Å². The van der Waals surface area contributed by atoms with Gasteiger partial charge in [-0.15, -0.1) is 40.8 Å². The van der Waals surface area contributed by atoms with Crippen LogP contribution in [0.15, 0.2) is 122 Å². The molecular weight excluding hydrogens is 736 g/mol. The molecule has 0 saturated carbocycles. The molecule has 5 nitrogen and oxygen atoms in total. The van der Waals surface area contributed by atoms with Crippen molar-refractivity contribution in [3.05, 3.63) is 134 Å². The Bertz CT molecular complexity index is 2480. The smallest absolute Gasteiger partial charge is 0.518 e. The van der Waals surface area contributed by atoms with Crippen LogP contribution in [0.25, 0.3) is 49.7 Å². The van der Waals surface area contributed by atoms with E-state index in [1.165, 1.54) is 0 Å². The number of hydrogen-bond acceptors (Lipinski definition) is 4. The van der Waals surface area contributed by atoms with Gasteiger partial charge in [-0.05, 0) is 52.2 Å². The third-order valence-electron chi connectivity index (χ3n) is 8.76. The van der Waals surface area contributed by atoms with Crippen molar-refractivity contribution in [2.45, 2.75) is 0 Å². The van der Waals surface area contributed by atoms with E-state index in [1.54, 1.807) is 0 Å². The number of fused-ring (bicyclic) bond motifs is 8. The van der Waals surface area contributed by atoms with Crippen molar-refractivity contribution in [2.24, 2.45) is 0 Å². The molecule has 0 spiro atoms. The van der Waals surface area contributed by atoms with Crippen molar-refractivity contribution in [3.63, 3.8) is 0 Å². The Morgan fingerprint density at radius 2 is 1.40 bits per heavy atom. The molecular formula is C38H20BN3O2Pt. The molecule has 0 bridgehead atoms. The largest absolute Gasteiger partial charge is 2.00 e. The summed E-state index contributed by atoms with van der Waals surface area (Å²) in [6.45, 7) is -0.186. The summed E-state index contributed by atoms with van der Waals surface area (Å²) in [5.74, 6) is 3.97. The minimum atomic E-state index is -0.186. The summed E-state index contributed by atoms with van der Waals surface area (Å²) in [7, 11) is 0. The molecule has 7 heteroatoms. The van der Waals surface area contributed by atoms with Gasteiger partial charge in [0.25, 0.3) is 0 Å². The van der Waals surface area contributed by atoms with E-state index in [9.17, 15) is 0 Å². The van der Waals surface area contributed by atoms with Gasteiger partial charge in [0.15, 0.2) is 0 Å². The predicted molar refractivity (Wildman–Crippen MR) is 175 cm³/mol. The molecule has 0 atom stereocenters. The molecule has 5 aromatic carbocycles. The van der Waals surface area contributed by atoms with Crippen LogP contribution in [0, 0.1) is 12.1 Å². The number of nitrogens with zero attached hydrogens (tertiary/aromatic N) is 3. The van der Waals surface area contributed by atoms with Crippen LogP contribution in [0.3, 0.4) is 0 Å². The Morgan fingerprint density at radius 3 is 2.27 bits per heavy atom. The summed E-state index contributed by atoms with van der Waals surface area (Å²) in [6.07, 6.45) is 3.75. The fraction of sp³-hybridized carbons (Fsp3) is 0. The Kier molecular flexibility index (Phi) is 5.78. The molecule has 0 amide bonds. The molecule has 0 aliphatic carbocycles.